The lowest BCUT2D eigenvalue weighted by molar-refractivity contribution is -0.167. The molecule has 0 N–H and O–H groups in total. The lowest BCUT2D eigenvalue weighted by Gasteiger charge is -2.18. The van der Waals surface area contributed by atoms with Crippen LogP contribution in [0.2, 0.25) is 0 Å². The standard InChI is InChI=1S/C51H94O6/c1-4-7-10-13-16-19-22-24-25-26-28-29-32-35-38-41-44-50(53)56-47-48(46-55-49(52)43-40-37-34-31-21-18-15-12-9-6-3)57-51(54)45-42-39-36-33-30-27-23-20-17-14-11-8-5-2/h25-27,30,48H,4-24,28-29,31-47H2,1-3H3/b26-25-,30-27-. The first kappa shape index (κ1) is 54.9. The highest BCUT2D eigenvalue weighted by Crippen LogP contribution is 2.14. The second-order valence-corrected chi connectivity index (χ2v) is 16.7. The van der Waals surface area contributed by atoms with Crippen LogP contribution in [0.15, 0.2) is 24.3 Å². The van der Waals surface area contributed by atoms with E-state index in [1.807, 2.05) is 0 Å². The van der Waals surface area contributed by atoms with Gasteiger partial charge in [-0.1, -0.05) is 199 Å². The molecule has 0 saturated carbocycles. The molecule has 0 aromatic carbocycles. The van der Waals surface area contributed by atoms with E-state index in [1.54, 1.807) is 0 Å². The first-order valence-corrected chi connectivity index (χ1v) is 24.8. The molecule has 0 amide bonds. The molecule has 0 radical (unpaired) electrons. The molecule has 6 heteroatoms. The summed E-state index contributed by atoms with van der Waals surface area (Å²) in [5.41, 5.74) is 0. The lowest BCUT2D eigenvalue weighted by Crippen LogP contribution is -2.30. The van der Waals surface area contributed by atoms with Crippen molar-refractivity contribution in [1.82, 2.24) is 0 Å². The Kier molecular flexibility index (Phi) is 44.9. The zero-order chi connectivity index (χ0) is 41.5. The third kappa shape index (κ3) is 44.8. The van der Waals surface area contributed by atoms with Gasteiger partial charge in [0.05, 0.1) is 0 Å². The molecule has 0 bridgehead atoms. The van der Waals surface area contributed by atoms with E-state index in [4.69, 9.17) is 14.2 Å². The third-order valence-corrected chi connectivity index (χ3v) is 10.9. The van der Waals surface area contributed by atoms with E-state index in [2.05, 4.69) is 45.1 Å². The van der Waals surface area contributed by atoms with Crippen LogP contribution in [0.25, 0.3) is 0 Å². The molecule has 334 valence electrons. The largest absolute Gasteiger partial charge is 0.462 e. The summed E-state index contributed by atoms with van der Waals surface area (Å²) in [6.07, 6.45) is 51.6. The summed E-state index contributed by atoms with van der Waals surface area (Å²) in [4.78, 5) is 37.8. The van der Waals surface area contributed by atoms with Crippen LogP contribution in [0.4, 0.5) is 0 Å². The quantitative estimate of drug-likeness (QED) is 0.0264. The molecule has 0 aliphatic carbocycles. The zero-order valence-electron chi connectivity index (χ0n) is 38.1. The zero-order valence-corrected chi connectivity index (χ0v) is 38.1. The molecule has 0 spiro atoms. The number of unbranched alkanes of at least 4 members (excludes halogenated alkanes) is 30. The molecule has 0 rings (SSSR count). The highest BCUT2D eigenvalue weighted by Gasteiger charge is 2.19. The van der Waals surface area contributed by atoms with Crippen LogP contribution in [0, 0.1) is 0 Å². The van der Waals surface area contributed by atoms with Crippen molar-refractivity contribution in [1.29, 1.82) is 0 Å². The van der Waals surface area contributed by atoms with Crippen molar-refractivity contribution in [2.75, 3.05) is 13.2 Å². The van der Waals surface area contributed by atoms with E-state index >= 15 is 0 Å². The van der Waals surface area contributed by atoms with Crippen LogP contribution in [0.3, 0.4) is 0 Å². The first-order chi connectivity index (χ1) is 28.0. The summed E-state index contributed by atoms with van der Waals surface area (Å²) in [5, 5.41) is 0. The smallest absolute Gasteiger partial charge is 0.306 e. The maximum atomic E-state index is 12.7. The Morgan fingerprint density at radius 1 is 0.333 bits per heavy atom. The number of esters is 3. The number of carbonyl (C=O) groups is 3. The molecule has 0 aliphatic heterocycles. The van der Waals surface area contributed by atoms with Gasteiger partial charge in [-0.25, -0.2) is 0 Å². The van der Waals surface area contributed by atoms with Gasteiger partial charge in [0.25, 0.3) is 0 Å². The number of allylic oxidation sites excluding steroid dienone is 4. The fourth-order valence-electron chi connectivity index (χ4n) is 7.14. The molecule has 6 nitrogen and oxygen atoms in total. The van der Waals surface area contributed by atoms with Gasteiger partial charge in [0.15, 0.2) is 6.10 Å². The summed E-state index contributed by atoms with van der Waals surface area (Å²) in [6.45, 7) is 6.61. The normalized spacial score (nSPS) is 12.1. The van der Waals surface area contributed by atoms with Crippen LogP contribution in [0.5, 0.6) is 0 Å². The molecular formula is C51H94O6. The highest BCUT2D eigenvalue weighted by atomic mass is 16.6. The van der Waals surface area contributed by atoms with Crippen molar-refractivity contribution < 1.29 is 28.6 Å². The summed E-state index contributed by atoms with van der Waals surface area (Å²) in [5.74, 6) is -0.895. The SMILES string of the molecule is CCCCCCCC/C=C\CCCCCC(=O)OC(COC(=O)CCCCCCC/C=C\CCCCCCCCC)COC(=O)CCCCCCCCCCCC. The number of hydrogen-bond acceptors (Lipinski definition) is 6. The number of hydrogen-bond donors (Lipinski definition) is 0. The Morgan fingerprint density at radius 2 is 0.579 bits per heavy atom. The molecule has 0 aromatic rings. The fraction of sp³-hybridized carbons (Fsp3) is 0.863. The van der Waals surface area contributed by atoms with Gasteiger partial charge in [-0.2, -0.15) is 0 Å². The van der Waals surface area contributed by atoms with Crippen molar-refractivity contribution >= 4 is 17.9 Å². The van der Waals surface area contributed by atoms with Crippen molar-refractivity contribution in [2.24, 2.45) is 0 Å². The average Bonchev–Trinajstić information content (AvgIpc) is 3.21. The van der Waals surface area contributed by atoms with Gasteiger partial charge in [-0.05, 0) is 70.6 Å². The van der Waals surface area contributed by atoms with Gasteiger partial charge in [0, 0.05) is 19.3 Å². The minimum Gasteiger partial charge on any atom is -0.462 e. The second kappa shape index (κ2) is 46.6. The topological polar surface area (TPSA) is 78.9 Å². The molecule has 1 unspecified atom stereocenters. The van der Waals surface area contributed by atoms with Gasteiger partial charge >= 0.3 is 17.9 Å². The second-order valence-electron chi connectivity index (χ2n) is 16.7. The minimum atomic E-state index is -0.776. The maximum Gasteiger partial charge on any atom is 0.306 e. The predicted molar refractivity (Wildman–Crippen MR) is 243 cm³/mol. The van der Waals surface area contributed by atoms with Crippen LogP contribution in [-0.2, 0) is 28.6 Å². The van der Waals surface area contributed by atoms with E-state index in [9.17, 15) is 14.4 Å². The number of ether oxygens (including phenoxy) is 3. The molecule has 0 saturated heterocycles. The van der Waals surface area contributed by atoms with E-state index in [-0.39, 0.29) is 31.1 Å². The van der Waals surface area contributed by atoms with E-state index < -0.39 is 6.10 Å². The first-order valence-electron chi connectivity index (χ1n) is 24.8. The lowest BCUT2D eigenvalue weighted by atomic mass is 10.1. The summed E-state index contributed by atoms with van der Waals surface area (Å²) in [7, 11) is 0. The molecule has 0 fully saturated rings. The van der Waals surface area contributed by atoms with Crippen molar-refractivity contribution in [3.05, 3.63) is 24.3 Å². The number of carbonyl (C=O) groups excluding carboxylic acids is 3. The molecule has 0 heterocycles. The van der Waals surface area contributed by atoms with Gasteiger partial charge < -0.3 is 14.2 Å². The molecular weight excluding hydrogens is 709 g/mol. The minimum absolute atomic E-state index is 0.0769. The average molecular weight is 803 g/mol. The van der Waals surface area contributed by atoms with Crippen LogP contribution in [0.1, 0.15) is 265 Å². The monoisotopic (exact) mass is 803 g/mol. The Bertz CT molecular complexity index is 927. The highest BCUT2D eigenvalue weighted by molar-refractivity contribution is 5.71. The van der Waals surface area contributed by atoms with Gasteiger partial charge in [-0.3, -0.25) is 14.4 Å². The molecule has 1 atom stereocenters. The number of rotatable bonds is 45. The van der Waals surface area contributed by atoms with Crippen LogP contribution >= 0.6 is 0 Å². The van der Waals surface area contributed by atoms with Gasteiger partial charge in [0.1, 0.15) is 13.2 Å². The molecule has 0 aromatic heterocycles. The predicted octanol–water partition coefficient (Wildman–Crippen LogP) is 16.0. The van der Waals surface area contributed by atoms with Crippen molar-refractivity contribution in [3.63, 3.8) is 0 Å². The van der Waals surface area contributed by atoms with Gasteiger partial charge in [-0.15, -0.1) is 0 Å². The fourth-order valence-corrected chi connectivity index (χ4v) is 7.14. The Hall–Kier alpha value is -2.11. The van der Waals surface area contributed by atoms with E-state index in [0.717, 1.165) is 77.0 Å². The van der Waals surface area contributed by atoms with Crippen LogP contribution < -0.4 is 0 Å². The maximum absolute atomic E-state index is 12.7. The Labute approximate surface area is 353 Å². The van der Waals surface area contributed by atoms with E-state index in [0.29, 0.717) is 19.3 Å². The molecule has 0 aliphatic rings. The van der Waals surface area contributed by atoms with Crippen molar-refractivity contribution in [2.45, 2.75) is 271 Å². The van der Waals surface area contributed by atoms with Crippen LogP contribution in [-0.4, -0.2) is 37.2 Å². The van der Waals surface area contributed by atoms with Crippen molar-refractivity contribution in [3.8, 4) is 0 Å². The summed E-state index contributed by atoms with van der Waals surface area (Å²) < 4.78 is 16.7. The molecule has 57 heavy (non-hydrogen) atoms. The van der Waals surface area contributed by atoms with E-state index in [1.165, 1.54) is 148 Å². The Morgan fingerprint density at radius 3 is 0.895 bits per heavy atom. The summed E-state index contributed by atoms with van der Waals surface area (Å²) in [6, 6.07) is 0. The van der Waals surface area contributed by atoms with Gasteiger partial charge in [0.2, 0.25) is 0 Å². The third-order valence-electron chi connectivity index (χ3n) is 10.9. The Balaban J connectivity index is 4.35. The summed E-state index contributed by atoms with van der Waals surface area (Å²) >= 11 is 0.